The first-order valence-corrected chi connectivity index (χ1v) is 4.52. The fourth-order valence-electron chi connectivity index (χ4n) is 1.37. The maximum atomic E-state index is 5.65. The molecule has 0 aromatic heterocycles. The van der Waals surface area contributed by atoms with E-state index in [9.17, 15) is 0 Å². The minimum Gasteiger partial charge on any atom is -0.379 e. The molecule has 1 unspecified atom stereocenters. The number of hydrogen-bond acceptors (Lipinski definition) is 2. The second kappa shape index (κ2) is 4.73. The molecule has 66 valence electrons. The summed E-state index contributed by atoms with van der Waals surface area (Å²) in [5.41, 5.74) is 0. The van der Waals surface area contributed by atoms with Crippen molar-refractivity contribution in [3.63, 3.8) is 0 Å². The van der Waals surface area contributed by atoms with E-state index >= 15 is 0 Å². The van der Waals surface area contributed by atoms with Crippen LogP contribution in [0.3, 0.4) is 0 Å². The van der Waals surface area contributed by atoms with Crippen molar-refractivity contribution >= 4 is 0 Å². The topological polar surface area (TPSA) is 18.5 Å². The number of ether oxygens (including phenoxy) is 2. The maximum Gasteiger partial charge on any atom is 0.0812 e. The Morgan fingerprint density at radius 1 is 1.36 bits per heavy atom. The van der Waals surface area contributed by atoms with Crippen molar-refractivity contribution in [3.8, 4) is 0 Å². The van der Waals surface area contributed by atoms with Crippen LogP contribution in [-0.2, 0) is 9.47 Å². The van der Waals surface area contributed by atoms with Gasteiger partial charge in [-0.1, -0.05) is 0 Å². The van der Waals surface area contributed by atoms with Crippen molar-refractivity contribution in [1.29, 1.82) is 0 Å². The fourth-order valence-corrected chi connectivity index (χ4v) is 1.37. The number of hydrogen-bond donors (Lipinski definition) is 0. The highest BCUT2D eigenvalue weighted by atomic mass is 16.5. The zero-order valence-corrected chi connectivity index (χ0v) is 7.51. The molecular formula is C9H18O2. The predicted molar refractivity (Wildman–Crippen MR) is 44.7 cm³/mol. The highest BCUT2D eigenvalue weighted by molar-refractivity contribution is 4.62. The Bertz CT molecular complexity index is 93.7. The van der Waals surface area contributed by atoms with E-state index in [1.165, 1.54) is 12.8 Å². The molecular weight excluding hydrogens is 140 g/mol. The normalized spacial score (nSPS) is 27.0. The Balaban J connectivity index is 2.20. The second-order valence-corrected chi connectivity index (χ2v) is 3.38. The molecule has 1 aliphatic heterocycles. The first-order valence-electron chi connectivity index (χ1n) is 4.52. The van der Waals surface area contributed by atoms with Gasteiger partial charge in [-0.05, 0) is 33.1 Å². The summed E-state index contributed by atoms with van der Waals surface area (Å²) >= 11 is 0. The van der Waals surface area contributed by atoms with E-state index in [1.54, 1.807) is 0 Å². The Kier molecular flexibility index (Phi) is 3.87. The van der Waals surface area contributed by atoms with Crippen LogP contribution in [0.15, 0.2) is 0 Å². The minimum atomic E-state index is 0.335. The summed E-state index contributed by atoms with van der Waals surface area (Å²) in [5.74, 6) is 0. The molecule has 1 saturated heterocycles. The van der Waals surface area contributed by atoms with Gasteiger partial charge in [0.25, 0.3) is 0 Å². The van der Waals surface area contributed by atoms with Gasteiger partial charge in [0.05, 0.1) is 18.8 Å². The summed E-state index contributed by atoms with van der Waals surface area (Å²) in [6.07, 6.45) is 4.28. The molecule has 0 N–H and O–H groups in total. The Hall–Kier alpha value is -0.0800. The van der Waals surface area contributed by atoms with Crippen LogP contribution >= 0.6 is 0 Å². The molecule has 0 bridgehead atoms. The Morgan fingerprint density at radius 2 is 2.18 bits per heavy atom. The maximum absolute atomic E-state index is 5.65. The van der Waals surface area contributed by atoms with E-state index in [4.69, 9.17) is 9.47 Å². The average Bonchev–Trinajstić information content (AvgIpc) is 2.14. The van der Waals surface area contributed by atoms with Crippen LogP contribution in [0, 0.1) is 0 Å². The quantitative estimate of drug-likeness (QED) is 0.611. The second-order valence-electron chi connectivity index (χ2n) is 3.38. The molecule has 0 amide bonds. The molecule has 2 heteroatoms. The van der Waals surface area contributed by atoms with Gasteiger partial charge < -0.3 is 9.47 Å². The van der Waals surface area contributed by atoms with Crippen molar-refractivity contribution in [2.45, 2.75) is 45.3 Å². The summed E-state index contributed by atoms with van der Waals surface area (Å²) in [6, 6.07) is 0. The lowest BCUT2D eigenvalue weighted by molar-refractivity contribution is -0.0371. The molecule has 0 aliphatic carbocycles. The van der Waals surface area contributed by atoms with E-state index in [-0.39, 0.29) is 0 Å². The predicted octanol–water partition coefficient (Wildman–Crippen LogP) is 1.98. The van der Waals surface area contributed by atoms with Crippen LogP contribution in [0.2, 0.25) is 0 Å². The first-order chi connectivity index (χ1) is 5.29. The molecule has 0 spiro atoms. The van der Waals surface area contributed by atoms with Crippen molar-refractivity contribution in [2.24, 2.45) is 0 Å². The summed E-state index contributed by atoms with van der Waals surface area (Å²) in [6.45, 7) is 5.85. The molecule has 0 aromatic carbocycles. The van der Waals surface area contributed by atoms with Crippen LogP contribution in [0.5, 0.6) is 0 Å². The summed E-state index contributed by atoms with van der Waals surface area (Å²) in [7, 11) is 0. The van der Waals surface area contributed by atoms with E-state index in [0.717, 1.165) is 19.6 Å². The first kappa shape index (κ1) is 9.01. The SMILES string of the molecule is CC(C)OC1CCCCOC1. The Labute approximate surface area is 68.9 Å². The van der Waals surface area contributed by atoms with Gasteiger partial charge in [0.1, 0.15) is 0 Å². The largest absolute Gasteiger partial charge is 0.379 e. The van der Waals surface area contributed by atoms with E-state index in [1.807, 2.05) is 0 Å². The van der Waals surface area contributed by atoms with Gasteiger partial charge in [-0.2, -0.15) is 0 Å². The molecule has 11 heavy (non-hydrogen) atoms. The molecule has 1 heterocycles. The minimum absolute atomic E-state index is 0.335. The lowest BCUT2D eigenvalue weighted by Crippen LogP contribution is -2.21. The summed E-state index contributed by atoms with van der Waals surface area (Å²) < 4.78 is 11.0. The van der Waals surface area contributed by atoms with Crippen molar-refractivity contribution in [3.05, 3.63) is 0 Å². The molecule has 1 aliphatic rings. The van der Waals surface area contributed by atoms with E-state index in [0.29, 0.717) is 12.2 Å². The third kappa shape index (κ3) is 3.73. The van der Waals surface area contributed by atoms with Gasteiger partial charge in [0, 0.05) is 6.61 Å². The monoisotopic (exact) mass is 158 g/mol. The molecule has 0 aromatic rings. The molecule has 1 atom stereocenters. The third-order valence-corrected chi connectivity index (χ3v) is 1.83. The van der Waals surface area contributed by atoms with Crippen LogP contribution < -0.4 is 0 Å². The van der Waals surface area contributed by atoms with Gasteiger partial charge in [-0.3, -0.25) is 0 Å². The van der Waals surface area contributed by atoms with Crippen molar-refractivity contribution in [1.82, 2.24) is 0 Å². The van der Waals surface area contributed by atoms with Gasteiger partial charge in [-0.15, -0.1) is 0 Å². The average molecular weight is 158 g/mol. The van der Waals surface area contributed by atoms with Crippen LogP contribution in [-0.4, -0.2) is 25.4 Å². The lowest BCUT2D eigenvalue weighted by Gasteiger charge is -2.17. The molecule has 1 fully saturated rings. The fraction of sp³-hybridized carbons (Fsp3) is 1.00. The highest BCUT2D eigenvalue weighted by Gasteiger charge is 2.13. The van der Waals surface area contributed by atoms with Gasteiger partial charge in [0.2, 0.25) is 0 Å². The molecule has 2 nitrogen and oxygen atoms in total. The third-order valence-electron chi connectivity index (χ3n) is 1.83. The van der Waals surface area contributed by atoms with Crippen LogP contribution in [0.4, 0.5) is 0 Å². The number of rotatable bonds is 2. The van der Waals surface area contributed by atoms with Gasteiger partial charge in [0.15, 0.2) is 0 Å². The van der Waals surface area contributed by atoms with Gasteiger partial charge in [-0.25, -0.2) is 0 Å². The van der Waals surface area contributed by atoms with E-state index < -0.39 is 0 Å². The zero-order valence-electron chi connectivity index (χ0n) is 7.51. The Morgan fingerprint density at radius 3 is 2.91 bits per heavy atom. The summed E-state index contributed by atoms with van der Waals surface area (Å²) in [5, 5.41) is 0. The van der Waals surface area contributed by atoms with Crippen molar-refractivity contribution < 1.29 is 9.47 Å². The van der Waals surface area contributed by atoms with Gasteiger partial charge >= 0.3 is 0 Å². The van der Waals surface area contributed by atoms with E-state index in [2.05, 4.69) is 13.8 Å². The standard InChI is InChI=1S/C9H18O2/c1-8(2)11-9-5-3-4-6-10-7-9/h8-9H,3-7H2,1-2H3. The van der Waals surface area contributed by atoms with Crippen LogP contribution in [0.1, 0.15) is 33.1 Å². The highest BCUT2D eigenvalue weighted by Crippen LogP contribution is 2.12. The lowest BCUT2D eigenvalue weighted by atomic mass is 10.2. The molecule has 0 radical (unpaired) electrons. The molecule has 0 saturated carbocycles. The molecule has 1 rings (SSSR count). The van der Waals surface area contributed by atoms with Crippen molar-refractivity contribution in [2.75, 3.05) is 13.2 Å². The smallest absolute Gasteiger partial charge is 0.0812 e. The zero-order chi connectivity index (χ0) is 8.10. The van der Waals surface area contributed by atoms with Crippen LogP contribution in [0.25, 0.3) is 0 Å². The summed E-state index contributed by atoms with van der Waals surface area (Å²) in [4.78, 5) is 0.